The number of hydrogen-bond donors (Lipinski definition) is 0. The van der Waals surface area contributed by atoms with Gasteiger partial charge in [0.05, 0.1) is 18.6 Å². The molecule has 0 N–H and O–H groups in total. The quantitative estimate of drug-likeness (QED) is 0.699. The topological polar surface area (TPSA) is 53.3 Å². The Morgan fingerprint density at radius 2 is 2.17 bits per heavy atom. The van der Waals surface area contributed by atoms with E-state index in [1.165, 1.54) is 0 Å². The molecule has 1 saturated carbocycles. The molecule has 0 unspecified atom stereocenters. The van der Waals surface area contributed by atoms with Crippen LogP contribution < -0.4 is 0 Å². The van der Waals surface area contributed by atoms with Crippen LogP contribution in [0.4, 0.5) is 0 Å². The van der Waals surface area contributed by atoms with Gasteiger partial charge in [0.1, 0.15) is 0 Å². The maximum absolute atomic E-state index is 12.1. The summed E-state index contributed by atoms with van der Waals surface area (Å²) < 4.78 is 5.49. The third-order valence-electron chi connectivity index (χ3n) is 3.47. The van der Waals surface area contributed by atoms with Crippen LogP contribution >= 0.6 is 0 Å². The zero-order chi connectivity index (χ0) is 13.5. The molecule has 1 aliphatic carbocycles. The summed E-state index contributed by atoms with van der Waals surface area (Å²) in [5, 5.41) is 8.61. The van der Waals surface area contributed by atoms with E-state index in [1.807, 2.05) is 25.7 Å². The lowest BCUT2D eigenvalue weighted by Gasteiger charge is -2.36. The highest BCUT2D eigenvalue weighted by molar-refractivity contribution is 5.76. The van der Waals surface area contributed by atoms with Crippen LogP contribution in [-0.2, 0) is 9.53 Å². The molecule has 0 aromatic carbocycles. The van der Waals surface area contributed by atoms with E-state index in [0.717, 1.165) is 19.4 Å². The lowest BCUT2D eigenvalue weighted by atomic mass is 9.79. The van der Waals surface area contributed by atoms with Gasteiger partial charge in [-0.2, -0.15) is 5.26 Å². The number of ether oxygens (including phenoxy) is 1. The summed E-state index contributed by atoms with van der Waals surface area (Å²) in [6.07, 6.45) is 3.39. The molecule has 0 bridgehead atoms. The van der Waals surface area contributed by atoms with Gasteiger partial charge in [-0.1, -0.05) is 0 Å². The van der Waals surface area contributed by atoms with Crippen molar-refractivity contribution in [3.05, 3.63) is 0 Å². The van der Waals surface area contributed by atoms with E-state index in [9.17, 15) is 4.79 Å². The van der Waals surface area contributed by atoms with Gasteiger partial charge in [0, 0.05) is 25.6 Å². The Hall–Kier alpha value is -1.08. The molecule has 1 rings (SSSR count). The van der Waals surface area contributed by atoms with Gasteiger partial charge in [-0.25, -0.2) is 0 Å². The van der Waals surface area contributed by atoms with Crippen LogP contribution in [0.15, 0.2) is 0 Å². The highest BCUT2D eigenvalue weighted by Gasteiger charge is 2.32. The van der Waals surface area contributed by atoms with Crippen LogP contribution in [0.1, 0.15) is 46.5 Å². The van der Waals surface area contributed by atoms with Crippen LogP contribution in [-0.4, -0.2) is 36.1 Å². The van der Waals surface area contributed by atoms with E-state index in [-0.39, 0.29) is 11.9 Å². The van der Waals surface area contributed by atoms with Crippen LogP contribution in [0.25, 0.3) is 0 Å². The first-order chi connectivity index (χ1) is 8.58. The molecule has 0 aromatic heterocycles. The van der Waals surface area contributed by atoms with E-state index >= 15 is 0 Å². The maximum Gasteiger partial charge on any atom is 0.223 e. The summed E-state index contributed by atoms with van der Waals surface area (Å²) in [4.78, 5) is 14.0. The Kier molecular flexibility index (Phi) is 6.14. The van der Waals surface area contributed by atoms with Crippen molar-refractivity contribution in [2.24, 2.45) is 5.92 Å². The number of rotatable bonds is 7. The Balaban J connectivity index is 2.32. The number of carbonyl (C=O) groups is 1. The van der Waals surface area contributed by atoms with Gasteiger partial charge in [-0.15, -0.1) is 0 Å². The summed E-state index contributed by atoms with van der Waals surface area (Å²) in [7, 11) is 0. The van der Waals surface area contributed by atoms with Gasteiger partial charge >= 0.3 is 0 Å². The Labute approximate surface area is 110 Å². The van der Waals surface area contributed by atoms with Crippen molar-refractivity contribution in [2.75, 3.05) is 13.2 Å². The van der Waals surface area contributed by atoms with Gasteiger partial charge in [-0.3, -0.25) is 4.79 Å². The predicted octanol–water partition coefficient (Wildman–Crippen LogP) is 2.34. The van der Waals surface area contributed by atoms with E-state index in [4.69, 9.17) is 10.00 Å². The van der Waals surface area contributed by atoms with Crippen molar-refractivity contribution in [3.8, 4) is 6.07 Å². The van der Waals surface area contributed by atoms with Crippen molar-refractivity contribution in [1.82, 2.24) is 4.90 Å². The zero-order valence-corrected chi connectivity index (χ0v) is 11.7. The second-order valence-corrected chi connectivity index (χ2v) is 5.21. The van der Waals surface area contributed by atoms with Gasteiger partial charge in [0.25, 0.3) is 0 Å². The number of nitriles is 1. The highest BCUT2D eigenvalue weighted by Crippen LogP contribution is 2.33. The Bertz CT molecular complexity index is 303. The van der Waals surface area contributed by atoms with Crippen molar-refractivity contribution in [3.63, 3.8) is 0 Å². The molecule has 1 aliphatic rings. The van der Waals surface area contributed by atoms with E-state index in [2.05, 4.69) is 6.07 Å². The second-order valence-electron chi connectivity index (χ2n) is 5.21. The average molecular weight is 252 g/mol. The Morgan fingerprint density at radius 1 is 1.50 bits per heavy atom. The first-order valence-corrected chi connectivity index (χ1v) is 6.86. The summed E-state index contributed by atoms with van der Waals surface area (Å²) in [5.41, 5.74) is 0. The second kappa shape index (κ2) is 7.38. The maximum atomic E-state index is 12.1. The largest absolute Gasteiger partial charge is 0.378 e. The SMILES string of the molecule is CCOC1CC(CC(=O)N(CCC#N)C(C)C)C1. The molecule has 4 nitrogen and oxygen atoms in total. The average Bonchev–Trinajstić information content (AvgIpc) is 2.26. The zero-order valence-electron chi connectivity index (χ0n) is 11.7. The Morgan fingerprint density at radius 3 is 2.67 bits per heavy atom. The van der Waals surface area contributed by atoms with Crippen LogP contribution in [0.2, 0.25) is 0 Å². The third kappa shape index (κ3) is 4.30. The standard InChI is InChI=1S/C14H24N2O2/c1-4-18-13-8-12(9-13)10-14(17)16(11(2)3)7-5-6-15/h11-13H,4-5,7-10H2,1-3H3. The molecule has 18 heavy (non-hydrogen) atoms. The fourth-order valence-electron chi connectivity index (χ4n) is 2.42. The van der Waals surface area contributed by atoms with Crippen molar-refractivity contribution < 1.29 is 9.53 Å². The summed E-state index contributed by atoms with van der Waals surface area (Å²) in [5.74, 6) is 0.651. The smallest absolute Gasteiger partial charge is 0.223 e. The highest BCUT2D eigenvalue weighted by atomic mass is 16.5. The molecule has 0 aliphatic heterocycles. The molecule has 0 atom stereocenters. The molecular weight excluding hydrogens is 228 g/mol. The van der Waals surface area contributed by atoms with E-state index in [0.29, 0.717) is 31.4 Å². The molecule has 0 aromatic rings. The molecule has 0 heterocycles. The van der Waals surface area contributed by atoms with Crippen LogP contribution in [0, 0.1) is 17.2 Å². The molecule has 0 spiro atoms. The number of amides is 1. The monoisotopic (exact) mass is 252 g/mol. The first-order valence-electron chi connectivity index (χ1n) is 6.86. The molecule has 1 fully saturated rings. The van der Waals surface area contributed by atoms with Gasteiger partial charge in [-0.05, 0) is 39.5 Å². The lowest BCUT2D eigenvalue weighted by molar-refractivity contribution is -0.136. The molecule has 1 amide bonds. The number of carbonyl (C=O) groups excluding carboxylic acids is 1. The number of nitrogens with zero attached hydrogens (tertiary/aromatic N) is 2. The minimum absolute atomic E-state index is 0.175. The van der Waals surface area contributed by atoms with Gasteiger partial charge in [0.15, 0.2) is 0 Å². The molecule has 4 heteroatoms. The van der Waals surface area contributed by atoms with Crippen LogP contribution in [0.3, 0.4) is 0 Å². The van der Waals surface area contributed by atoms with Crippen molar-refractivity contribution in [1.29, 1.82) is 5.26 Å². The fraction of sp³-hybridized carbons (Fsp3) is 0.857. The van der Waals surface area contributed by atoms with Crippen molar-refractivity contribution >= 4 is 5.91 Å². The normalized spacial score (nSPS) is 22.4. The van der Waals surface area contributed by atoms with Crippen LogP contribution in [0.5, 0.6) is 0 Å². The van der Waals surface area contributed by atoms with E-state index < -0.39 is 0 Å². The molecule has 102 valence electrons. The lowest BCUT2D eigenvalue weighted by Crippen LogP contribution is -2.41. The van der Waals surface area contributed by atoms with Crippen molar-refractivity contribution in [2.45, 2.75) is 58.6 Å². The molecule has 0 radical (unpaired) electrons. The minimum atomic E-state index is 0.175. The summed E-state index contributed by atoms with van der Waals surface area (Å²) >= 11 is 0. The first kappa shape index (κ1) is 15.0. The summed E-state index contributed by atoms with van der Waals surface area (Å²) in [6, 6.07) is 2.27. The van der Waals surface area contributed by atoms with Gasteiger partial charge in [0.2, 0.25) is 5.91 Å². The molecule has 0 saturated heterocycles. The van der Waals surface area contributed by atoms with E-state index in [1.54, 1.807) is 0 Å². The predicted molar refractivity (Wildman–Crippen MR) is 69.8 cm³/mol. The summed E-state index contributed by atoms with van der Waals surface area (Å²) in [6.45, 7) is 7.30. The fourth-order valence-corrected chi connectivity index (χ4v) is 2.42. The number of hydrogen-bond acceptors (Lipinski definition) is 3. The third-order valence-corrected chi connectivity index (χ3v) is 3.47. The molecular formula is C14H24N2O2. The minimum Gasteiger partial charge on any atom is -0.378 e. The van der Waals surface area contributed by atoms with Gasteiger partial charge < -0.3 is 9.64 Å².